The van der Waals surface area contributed by atoms with Crippen LogP contribution in [0, 0.1) is 16.0 Å². The lowest BCUT2D eigenvalue weighted by Gasteiger charge is -2.33. The Morgan fingerprint density at radius 3 is 2.90 bits per heavy atom. The van der Waals surface area contributed by atoms with Crippen LogP contribution >= 0.6 is 0 Å². The zero-order chi connectivity index (χ0) is 14.5. The van der Waals surface area contributed by atoms with Gasteiger partial charge in [-0.3, -0.25) is 10.1 Å². The molecule has 0 amide bonds. The van der Waals surface area contributed by atoms with Crippen molar-refractivity contribution in [2.45, 2.75) is 33.1 Å². The summed E-state index contributed by atoms with van der Waals surface area (Å²) in [6, 6.07) is 5.34. The van der Waals surface area contributed by atoms with Crippen molar-refractivity contribution < 1.29 is 4.92 Å². The molecule has 0 aromatic heterocycles. The lowest BCUT2D eigenvalue weighted by Crippen LogP contribution is -2.34. The fraction of sp³-hybridized carbons (Fsp3) is 0.600. The first-order valence-electron chi connectivity index (χ1n) is 7.38. The SMILES string of the molecule is CCCNc1cc(N2CCCC(C)C2)cc([N+](=O)[O-])c1. The van der Waals surface area contributed by atoms with Crippen molar-refractivity contribution in [2.24, 2.45) is 5.92 Å². The molecule has 0 saturated carbocycles. The number of anilines is 2. The zero-order valence-corrected chi connectivity index (χ0v) is 12.3. The standard InChI is InChI=1S/C15H23N3O2/c1-3-6-16-13-8-14(10-15(9-13)18(19)20)17-7-4-5-12(2)11-17/h8-10,12,16H,3-7,11H2,1-2H3. The summed E-state index contributed by atoms with van der Waals surface area (Å²) in [5.41, 5.74) is 1.97. The highest BCUT2D eigenvalue weighted by atomic mass is 16.6. The van der Waals surface area contributed by atoms with Crippen LogP contribution < -0.4 is 10.2 Å². The van der Waals surface area contributed by atoms with E-state index < -0.39 is 0 Å². The molecule has 1 unspecified atom stereocenters. The van der Waals surface area contributed by atoms with Gasteiger partial charge in [-0.15, -0.1) is 0 Å². The molecule has 0 aliphatic carbocycles. The van der Waals surface area contributed by atoms with E-state index in [-0.39, 0.29) is 10.6 Å². The van der Waals surface area contributed by atoms with Gasteiger partial charge in [0.05, 0.1) is 4.92 Å². The Morgan fingerprint density at radius 1 is 1.45 bits per heavy atom. The fourth-order valence-electron chi connectivity index (χ4n) is 2.68. The van der Waals surface area contributed by atoms with Crippen molar-refractivity contribution >= 4 is 17.1 Å². The van der Waals surface area contributed by atoms with Gasteiger partial charge in [0.25, 0.3) is 5.69 Å². The Morgan fingerprint density at radius 2 is 2.25 bits per heavy atom. The molecule has 1 aromatic carbocycles. The molecule has 20 heavy (non-hydrogen) atoms. The van der Waals surface area contributed by atoms with Crippen LogP contribution in [-0.4, -0.2) is 24.6 Å². The summed E-state index contributed by atoms with van der Waals surface area (Å²) in [5.74, 6) is 0.648. The Labute approximate surface area is 120 Å². The molecule has 0 spiro atoms. The van der Waals surface area contributed by atoms with Crippen molar-refractivity contribution in [1.29, 1.82) is 0 Å². The molecule has 1 aromatic rings. The first-order chi connectivity index (χ1) is 9.60. The van der Waals surface area contributed by atoms with E-state index >= 15 is 0 Å². The van der Waals surface area contributed by atoms with Gasteiger partial charge in [0.15, 0.2) is 0 Å². The summed E-state index contributed by atoms with van der Waals surface area (Å²) in [6.45, 7) is 7.11. The number of nitro groups is 1. The second kappa shape index (κ2) is 6.59. The highest BCUT2D eigenvalue weighted by molar-refractivity contribution is 5.64. The maximum Gasteiger partial charge on any atom is 0.273 e. The van der Waals surface area contributed by atoms with Gasteiger partial charge >= 0.3 is 0 Å². The average Bonchev–Trinajstić information content (AvgIpc) is 2.44. The Balaban J connectivity index is 2.25. The third kappa shape index (κ3) is 3.62. The highest BCUT2D eigenvalue weighted by Gasteiger charge is 2.19. The van der Waals surface area contributed by atoms with Crippen LogP contribution in [0.15, 0.2) is 18.2 Å². The Hall–Kier alpha value is -1.78. The van der Waals surface area contributed by atoms with E-state index in [1.165, 1.54) is 6.42 Å². The van der Waals surface area contributed by atoms with Crippen LogP contribution in [0.1, 0.15) is 33.1 Å². The number of nitrogens with one attached hydrogen (secondary N) is 1. The van der Waals surface area contributed by atoms with E-state index in [1.54, 1.807) is 12.1 Å². The molecular weight excluding hydrogens is 254 g/mol. The smallest absolute Gasteiger partial charge is 0.273 e. The summed E-state index contributed by atoms with van der Waals surface area (Å²) in [6.07, 6.45) is 3.40. The first kappa shape index (κ1) is 14.6. The number of hydrogen-bond acceptors (Lipinski definition) is 4. The lowest BCUT2D eigenvalue weighted by molar-refractivity contribution is -0.384. The van der Waals surface area contributed by atoms with Crippen LogP contribution in [0.3, 0.4) is 0 Å². The van der Waals surface area contributed by atoms with Gasteiger partial charge in [-0.1, -0.05) is 13.8 Å². The molecule has 1 fully saturated rings. The quantitative estimate of drug-likeness (QED) is 0.659. The molecule has 1 atom stereocenters. The fourth-order valence-corrected chi connectivity index (χ4v) is 2.68. The molecule has 0 bridgehead atoms. The van der Waals surface area contributed by atoms with E-state index in [0.29, 0.717) is 5.92 Å². The van der Waals surface area contributed by atoms with Crippen LogP contribution in [-0.2, 0) is 0 Å². The highest BCUT2D eigenvalue weighted by Crippen LogP contribution is 2.30. The number of piperidine rings is 1. The van der Waals surface area contributed by atoms with Gasteiger partial charge < -0.3 is 10.2 Å². The van der Waals surface area contributed by atoms with Gasteiger partial charge in [-0.05, 0) is 31.2 Å². The normalized spacial score (nSPS) is 18.9. The van der Waals surface area contributed by atoms with E-state index in [9.17, 15) is 10.1 Å². The third-order valence-electron chi connectivity index (χ3n) is 3.71. The molecule has 2 rings (SSSR count). The van der Waals surface area contributed by atoms with Gasteiger partial charge in [0.1, 0.15) is 0 Å². The minimum Gasteiger partial charge on any atom is -0.385 e. The molecule has 0 radical (unpaired) electrons. The number of benzene rings is 1. The van der Waals surface area contributed by atoms with E-state index in [0.717, 1.165) is 43.9 Å². The van der Waals surface area contributed by atoms with Crippen LogP contribution in [0.2, 0.25) is 0 Å². The van der Waals surface area contributed by atoms with Gasteiger partial charge in [-0.25, -0.2) is 0 Å². The van der Waals surface area contributed by atoms with Crippen molar-refractivity contribution in [2.75, 3.05) is 29.9 Å². The molecule has 1 saturated heterocycles. The predicted molar refractivity (Wildman–Crippen MR) is 82.5 cm³/mol. The molecular formula is C15H23N3O2. The molecule has 5 nitrogen and oxygen atoms in total. The minimum absolute atomic E-state index is 0.166. The first-order valence-corrected chi connectivity index (χ1v) is 7.38. The number of nitro benzene ring substituents is 1. The molecule has 110 valence electrons. The lowest BCUT2D eigenvalue weighted by atomic mass is 9.99. The monoisotopic (exact) mass is 277 g/mol. The van der Waals surface area contributed by atoms with Crippen molar-refractivity contribution in [3.8, 4) is 0 Å². The van der Waals surface area contributed by atoms with Crippen LogP contribution in [0.5, 0.6) is 0 Å². The maximum absolute atomic E-state index is 11.1. The summed E-state index contributed by atoms with van der Waals surface area (Å²) < 4.78 is 0. The molecule has 1 heterocycles. The second-order valence-corrected chi connectivity index (χ2v) is 5.62. The summed E-state index contributed by atoms with van der Waals surface area (Å²) in [4.78, 5) is 13.0. The Bertz CT molecular complexity index is 476. The largest absolute Gasteiger partial charge is 0.385 e. The average molecular weight is 277 g/mol. The number of rotatable bonds is 5. The number of hydrogen-bond donors (Lipinski definition) is 1. The van der Waals surface area contributed by atoms with E-state index in [4.69, 9.17) is 0 Å². The number of nitrogens with zero attached hydrogens (tertiary/aromatic N) is 2. The third-order valence-corrected chi connectivity index (χ3v) is 3.71. The zero-order valence-electron chi connectivity index (χ0n) is 12.3. The number of non-ortho nitro benzene ring substituents is 1. The molecule has 5 heteroatoms. The van der Waals surface area contributed by atoms with E-state index in [1.807, 2.05) is 6.07 Å². The molecule has 1 aliphatic heterocycles. The van der Waals surface area contributed by atoms with Crippen LogP contribution in [0.25, 0.3) is 0 Å². The predicted octanol–water partition coefficient (Wildman–Crippen LogP) is 3.65. The van der Waals surface area contributed by atoms with E-state index in [2.05, 4.69) is 24.1 Å². The summed E-state index contributed by atoms with van der Waals surface area (Å²) >= 11 is 0. The molecule has 1 aliphatic rings. The topological polar surface area (TPSA) is 58.4 Å². The Kier molecular flexibility index (Phi) is 4.82. The van der Waals surface area contributed by atoms with Crippen LogP contribution in [0.4, 0.5) is 17.1 Å². The minimum atomic E-state index is -0.312. The second-order valence-electron chi connectivity index (χ2n) is 5.62. The summed E-state index contributed by atoms with van der Waals surface area (Å²) in [7, 11) is 0. The molecule has 1 N–H and O–H groups in total. The van der Waals surface area contributed by atoms with Crippen molar-refractivity contribution in [3.63, 3.8) is 0 Å². The van der Waals surface area contributed by atoms with Crippen molar-refractivity contribution in [3.05, 3.63) is 28.3 Å². The van der Waals surface area contributed by atoms with Gasteiger partial charge in [0.2, 0.25) is 0 Å². The van der Waals surface area contributed by atoms with Gasteiger partial charge in [0, 0.05) is 43.1 Å². The summed E-state index contributed by atoms with van der Waals surface area (Å²) in [5, 5.41) is 14.3. The van der Waals surface area contributed by atoms with Gasteiger partial charge in [-0.2, -0.15) is 0 Å². The maximum atomic E-state index is 11.1. The van der Waals surface area contributed by atoms with Crippen molar-refractivity contribution in [1.82, 2.24) is 0 Å².